The van der Waals surface area contributed by atoms with Crippen molar-refractivity contribution < 1.29 is 9.90 Å². The van der Waals surface area contributed by atoms with E-state index in [-0.39, 0.29) is 24.8 Å². The zero-order chi connectivity index (χ0) is 15.9. The third kappa shape index (κ3) is 5.20. The molecule has 4 heteroatoms. The van der Waals surface area contributed by atoms with Crippen LogP contribution in [0.4, 0.5) is 0 Å². The number of nitriles is 1. The lowest BCUT2D eigenvalue weighted by molar-refractivity contribution is -0.122. The molecule has 0 aliphatic heterocycles. The highest BCUT2D eigenvalue weighted by molar-refractivity contribution is 5.79. The minimum atomic E-state index is -0.906. The van der Waals surface area contributed by atoms with E-state index < -0.39 is 5.60 Å². The van der Waals surface area contributed by atoms with E-state index >= 15 is 0 Å². The second-order valence-electron chi connectivity index (χ2n) is 5.72. The van der Waals surface area contributed by atoms with E-state index in [0.29, 0.717) is 6.42 Å². The van der Waals surface area contributed by atoms with E-state index in [1.165, 1.54) is 0 Å². The molecule has 1 amide bonds. The summed E-state index contributed by atoms with van der Waals surface area (Å²) in [5.74, 6) is -0.0207. The standard InChI is InChI=1S/C17H24N2O2/c1-4-13(2)17(3,21)12-19-16(20)11-15-8-6-5-7-14(15)9-10-18/h5-8,13,21H,4,9,11-12H2,1-3H3,(H,19,20). The van der Waals surface area contributed by atoms with Crippen LogP contribution in [0.5, 0.6) is 0 Å². The normalized spacial score (nSPS) is 14.8. The molecule has 0 spiro atoms. The Morgan fingerprint density at radius 1 is 1.43 bits per heavy atom. The zero-order valence-electron chi connectivity index (χ0n) is 13.0. The van der Waals surface area contributed by atoms with Crippen molar-refractivity contribution >= 4 is 5.91 Å². The van der Waals surface area contributed by atoms with Crippen LogP contribution in [-0.4, -0.2) is 23.2 Å². The first kappa shape index (κ1) is 17.2. The van der Waals surface area contributed by atoms with Gasteiger partial charge in [0.1, 0.15) is 0 Å². The van der Waals surface area contributed by atoms with Crippen molar-refractivity contribution in [2.45, 2.75) is 45.6 Å². The molecule has 114 valence electrons. The molecule has 0 heterocycles. The topological polar surface area (TPSA) is 73.1 Å². The van der Waals surface area contributed by atoms with Crippen LogP contribution in [-0.2, 0) is 17.6 Å². The molecule has 0 radical (unpaired) electrons. The van der Waals surface area contributed by atoms with E-state index in [9.17, 15) is 9.90 Å². The van der Waals surface area contributed by atoms with Crippen molar-refractivity contribution in [1.82, 2.24) is 5.32 Å². The molecule has 2 N–H and O–H groups in total. The van der Waals surface area contributed by atoms with E-state index in [0.717, 1.165) is 17.5 Å². The maximum Gasteiger partial charge on any atom is 0.224 e. The Bertz CT molecular complexity index is 518. The van der Waals surface area contributed by atoms with Crippen LogP contribution < -0.4 is 5.32 Å². The molecular weight excluding hydrogens is 264 g/mol. The van der Waals surface area contributed by atoms with Gasteiger partial charge >= 0.3 is 0 Å². The number of carbonyl (C=O) groups excluding carboxylic acids is 1. The van der Waals surface area contributed by atoms with Crippen molar-refractivity contribution in [2.75, 3.05) is 6.54 Å². The summed E-state index contributed by atoms with van der Waals surface area (Å²) in [6, 6.07) is 9.55. The van der Waals surface area contributed by atoms with E-state index in [2.05, 4.69) is 11.4 Å². The third-order valence-electron chi connectivity index (χ3n) is 4.06. The van der Waals surface area contributed by atoms with Crippen LogP contribution in [0.25, 0.3) is 0 Å². The number of aliphatic hydroxyl groups is 1. The molecule has 0 saturated heterocycles. The van der Waals surface area contributed by atoms with Gasteiger partial charge in [0.15, 0.2) is 0 Å². The third-order valence-corrected chi connectivity index (χ3v) is 4.06. The predicted molar refractivity (Wildman–Crippen MR) is 82.6 cm³/mol. The number of hydrogen-bond donors (Lipinski definition) is 2. The lowest BCUT2D eigenvalue weighted by Crippen LogP contribution is -2.45. The van der Waals surface area contributed by atoms with Crippen molar-refractivity contribution in [3.63, 3.8) is 0 Å². The van der Waals surface area contributed by atoms with Gasteiger partial charge in [0.25, 0.3) is 0 Å². The average molecular weight is 288 g/mol. The van der Waals surface area contributed by atoms with Gasteiger partial charge in [0, 0.05) is 6.54 Å². The summed E-state index contributed by atoms with van der Waals surface area (Å²) >= 11 is 0. The minimum absolute atomic E-state index is 0.115. The summed E-state index contributed by atoms with van der Waals surface area (Å²) in [4.78, 5) is 12.0. The number of nitrogens with zero attached hydrogens (tertiary/aromatic N) is 1. The van der Waals surface area contributed by atoms with Gasteiger partial charge in [-0.3, -0.25) is 4.79 Å². The SMILES string of the molecule is CCC(C)C(C)(O)CNC(=O)Cc1ccccc1CC#N. The van der Waals surface area contributed by atoms with Crippen LogP contribution >= 0.6 is 0 Å². The monoisotopic (exact) mass is 288 g/mol. The van der Waals surface area contributed by atoms with Gasteiger partial charge in [-0.05, 0) is 24.0 Å². The first-order chi connectivity index (χ1) is 9.90. The predicted octanol–water partition coefficient (Wildman–Crippen LogP) is 2.21. The maximum absolute atomic E-state index is 12.0. The zero-order valence-corrected chi connectivity index (χ0v) is 13.0. The second kappa shape index (κ2) is 7.80. The summed E-state index contributed by atoms with van der Waals surface area (Å²) < 4.78 is 0. The highest BCUT2D eigenvalue weighted by Crippen LogP contribution is 2.19. The fraction of sp³-hybridized carbons (Fsp3) is 0.529. The fourth-order valence-electron chi connectivity index (χ4n) is 2.11. The molecule has 0 aromatic heterocycles. The molecule has 2 unspecified atom stereocenters. The first-order valence-corrected chi connectivity index (χ1v) is 7.33. The highest BCUT2D eigenvalue weighted by Gasteiger charge is 2.27. The molecule has 0 aliphatic rings. The molecule has 4 nitrogen and oxygen atoms in total. The lowest BCUT2D eigenvalue weighted by atomic mass is 9.88. The molecule has 0 fully saturated rings. The highest BCUT2D eigenvalue weighted by atomic mass is 16.3. The number of rotatable bonds is 7. The van der Waals surface area contributed by atoms with Gasteiger partial charge in [-0.2, -0.15) is 5.26 Å². The Hall–Kier alpha value is -1.86. The molecule has 1 rings (SSSR count). The fourth-order valence-corrected chi connectivity index (χ4v) is 2.11. The summed E-state index contributed by atoms with van der Waals surface area (Å²) in [5.41, 5.74) is 0.833. The van der Waals surface area contributed by atoms with Gasteiger partial charge in [0.05, 0.1) is 24.5 Å². The summed E-state index contributed by atoms with van der Waals surface area (Å²) in [6.07, 6.45) is 1.39. The average Bonchev–Trinajstić information content (AvgIpc) is 2.46. The van der Waals surface area contributed by atoms with Crippen molar-refractivity contribution in [3.05, 3.63) is 35.4 Å². The molecule has 2 atom stereocenters. The molecule has 0 saturated carbocycles. The van der Waals surface area contributed by atoms with E-state index in [4.69, 9.17) is 5.26 Å². The molecule has 0 aliphatic carbocycles. The minimum Gasteiger partial charge on any atom is -0.388 e. The molecular formula is C17H24N2O2. The van der Waals surface area contributed by atoms with Crippen molar-refractivity contribution in [3.8, 4) is 6.07 Å². The molecule has 1 aromatic rings. The Kier molecular flexibility index (Phi) is 6.39. The quantitative estimate of drug-likeness (QED) is 0.808. The van der Waals surface area contributed by atoms with Crippen LogP contribution in [0, 0.1) is 17.2 Å². The van der Waals surface area contributed by atoms with Crippen molar-refractivity contribution in [1.29, 1.82) is 5.26 Å². The summed E-state index contributed by atoms with van der Waals surface area (Å²) in [7, 11) is 0. The molecule has 0 bridgehead atoms. The van der Waals surface area contributed by atoms with Crippen LogP contribution in [0.2, 0.25) is 0 Å². The lowest BCUT2D eigenvalue weighted by Gasteiger charge is -2.29. The van der Waals surface area contributed by atoms with Crippen LogP contribution in [0.15, 0.2) is 24.3 Å². The smallest absolute Gasteiger partial charge is 0.224 e. The van der Waals surface area contributed by atoms with E-state index in [1.807, 2.05) is 38.1 Å². The first-order valence-electron chi connectivity index (χ1n) is 7.33. The van der Waals surface area contributed by atoms with Crippen molar-refractivity contribution in [2.24, 2.45) is 5.92 Å². The maximum atomic E-state index is 12.0. The van der Waals surface area contributed by atoms with Gasteiger partial charge in [-0.1, -0.05) is 44.5 Å². The molecule has 21 heavy (non-hydrogen) atoms. The second-order valence-corrected chi connectivity index (χ2v) is 5.72. The number of amides is 1. The van der Waals surface area contributed by atoms with Gasteiger partial charge < -0.3 is 10.4 Å². The Morgan fingerprint density at radius 2 is 2.05 bits per heavy atom. The Labute approximate surface area is 126 Å². The van der Waals surface area contributed by atoms with Gasteiger partial charge in [0.2, 0.25) is 5.91 Å². The Balaban J connectivity index is 2.61. The largest absolute Gasteiger partial charge is 0.388 e. The van der Waals surface area contributed by atoms with Crippen LogP contribution in [0.1, 0.15) is 38.3 Å². The Morgan fingerprint density at radius 3 is 2.62 bits per heavy atom. The number of nitrogens with one attached hydrogen (secondary N) is 1. The van der Waals surface area contributed by atoms with Crippen LogP contribution in [0.3, 0.4) is 0 Å². The molecule has 1 aromatic carbocycles. The number of hydrogen-bond acceptors (Lipinski definition) is 3. The van der Waals surface area contributed by atoms with Gasteiger partial charge in [-0.25, -0.2) is 0 Å². The summed E-state index contributed by atoms with van der Waals surface area (Å²) in [5, 5.41) is 21.9. The van der Waals surface area contributed by atoms with Gasteiger partial charge in [-0.15, -0.1) is 0 Å². The van der Waals surface area contributed by atoms with E-state index in [1.54, 1.807) is 6.92 Å². The number of carbonyl (C=O) groups is 1. The number of benzene rings is 1. The summed E-state index contributed by atoms with van der Waals surface area (Å²) in [6.45, 7) is 5.96.